The molecule has 1 aromatic heterocycles. The summed E-state index contributed by atoms with van der Waals surface area (Å²) in [5, 5.41) is 1.38. The minimum absolute atomic E-state index is 0.102. The predicted molar refractivity (Wildman–Crippen MR) is 105 cm³/mol. The molecule has 1 aliphatic rings. The Morgan fingerprint density at radius 1 is 0.889 bits per heavy atom. The van der Waals surface area contributed by atoms with Crippen LogP contribution in [-0.4, -0.2) is 47.8 Å². The van der Waals surface area contributed by atoms with Crippen molar-refractivity contribution in [1.29, 1.82) is 0 Å². The molecule has 2 amide bonds. The summed E-state index contributed by atoms with van der Waals surface area (Å²) < 4.78 is 14.0. The Kier molecular flexibility index (Phi) is 4.85. The maximum Gasteiger partial charge on any atom is 0.265 e. The number of carbonyl (C=O) groups is 2. The molecule has 0 saturated carbocycles. The van der Waals surface area contributed by atoms with Gasteiger partial charge < -0.3 is 9.80 Å². The van der Waals surface area contributed by atoms with Crippen molar-refractivity contribution in [1.82, 2.24) is 9.80 Å². The molecule has 0 N–H and O–H groups in total. The van der Waals surface area contributed by atoms with Gasteiger partial charge in [0, 0.05) is 41.8 Å². The van der Waals surface area contributed by atoms with Crippen molar-refractivity contribution in [3.05, 3.63) is 69.8 Å². The number of benzene rings is 2. The maximum atomic E-state index is 13.0. The van der Waals surface area contributed by atoms with E-state index in [1.807, 2.05) is 24.3 Å². The Morgan fingerprint density at radius 2 is 1.48 bits per heavy atom. The Bertz CT molecular complexity index is 1010. The first-order chi connectivity index (χ1) is 13.0. The number of carbonyl (C=O) groups excluding carboxylic acids is 2. The number of hydrogen-bond donors (Lipinski definition) is 0. The fourth-order valence-electron chi connectivity index (χ4n) is 3.18. The van der Waals surface area contributed by atoms with Gasteiger partial charge in [0.15, 0.2) is 0 Å². The van der Waals surface area contributed by atoms with Gasteiger partial charge in [-0.1, -0.05) is 29.8 Å². The standard InChI is InChI=1S/C20H16ClFN2O2S/c21-17-15-3-1-2-4-16(15)27-18(17)20(26)24-11-9-23(10-12-24)19(25)13-5-7-14(22)8-6-13/h1-8H,9-12H2. The molecular weight excluding hydrogens is 387 g/mol. The lowest BCUT2D eigenvalue weighted by molar-refractivity contribution is 0.0538. The first-order valence-electron chi connectivity index (χ1n) is 8.56. The molecule has 1 saturated heterocycles. The first kappa shape index (κ1) is 17.9. The van der Waals surface area contributed by atoms with Crippen LogP contribution in [0.4, 0.5) is 4.39 Å². The summed E-state index contributed by atoms with van der Waals surface area (Å²) in [6, 6.07) is 13.2. The average molecular weight is 403 g/mol. The largest absolute Gasteiger partial charge is 0.335 e. The molecule has 0 aliphatic carbocycles. The molecule has 0 atom stereocenters. The minimum atomic E-state index is -0.373. The van der Waals surface area contributed by atoms with E-state index in [4.69, 9.17) is 11.6 Å². The first-order valence-corrected chi connectivity index (χ1v) is 9.75. The lowest BCUT2D eigenvalue weighted by Gasteiger charge is -2.34. The Labute approximate surface area is 164 Å². The van der Waals surface area contributed by atoms with Crippen LogP contribution in [0.2, 0.25) is 5.02 Å². The molecule has 4 rings (SSSR count). The summed E-state index contributed by atoms with van der Waals surface area (Å²) in [7, 11) is 0. The van der Waals surface area contributed by atoms with Crippen LogP contribution < -0.4 is 0 Å². The Morgan fingerprint density at radius 3 is 2.11 bits per heavy atom. The molecule has 2 heterocycles. The van der Waals surface area contributed by atoms with E-state index in [1.165, 1.54) is 35.6 Å². The predicted octanol–water partition coefficient (Wildman–Crippen LogP) is 4.29. The molecule has 0 unspecified atom stereocenters. The van der Waals surface area contributed by atoms with Crippen LogP contribution in [0.25, 0.3) is 10.1 Å². The highest BCUT2D eigenvalue weighted by atomic mass is 35.5. The maximum absolute atomic E-state index is 13.0. The summed E-state index contributed by atoms with van der Waals surface area (Å²) in [4.78, 5) is 29.3. The van der Waals surface area contributed by atoms with E-state index in [9.17, 15) is 14.0 Å². The minimum Gasteiger partial charge on any atom is -0.335 e. The van der Waals surface area contributed by atoms with Gasteiger partial charge in [0.25, 0.3) is 11.8 Å². The van der Waals surface area contributed by atoms with Gasteiger partial charge in [-0.05, 0) is 30.3 Å². The molecule has 0 radical (unpaired) electrons. The van der Waals surface area contributed by atoms with Crippen molar-refractivity contribution < 1.29 is 14.0 Å². The zero-order chi connectivity index (χ0) is 19.0. The summed E-state index contributed by atoms with van der Waals surface area (Å²) in [5.41, 5.74) is 0.448. The number of halogens is 2. The fourth-order valence-corrected chi connectivity index (χ4v) is 4.66. The molecule has 0 bridgehead atoms. The van der Waals surface area contributed by atoms with E-state index in [2.05, 4.69) is 0 Å². The van der Waals surface area contributed by atoms with Crippen LogP contribution in [0.1, 0.15) is 20.0 Å². The van der Waals surface area contributed by atoms with E-state index in [1.54, 1.807) is 9.80 Å². The second-order valence-electron chi connectivity index (χ2n) is 6.33. The van der Waals surface area contributed by atoms with Gasteiger partial charge in [-0.2, -0.15) is 0 Å². The second-order valence-corrected chi connectivity index (χ2v) is 7.76. The summed E-state index contributed by atoms with van der Waals surface area (Å²) >= 11 is 7.80. The van der Waals surface area contributed by atoms with Crippen LogP contribution in [-0.2, 0) is 0 Å². The number of rotatable bonds is 2. The molecule has 7 heteroatoms. The third kappa shape index (κ3) is 3.42. The van der Waals surface area contributed by atoms with E-state index in [-0.39, 0.29) is 17.6 Å². The van der Waals surface area contributed by atoms with Crippen LogP contribution in [0.15, 0.2) is 48.5 Å². The quantitative estimate of drug-likeness (QED) is 0.641. The van der Waals surface area contributed by atoms with E-state index >= 15 is 0 Å². The van der Waals surface area contributed by atoms with Crippen LogP contribution in [0.3, 0.4) is 0 Å². The normalized spacial score (nSPS) is 14.6. The number of hydrogen-bond acceptors (Lipinski definition) is 3. The Hall–Kier alpha value is -2.44. The van der Waals surface area contributed by atoms with Crippen molar-refractivity contribution in [3.8, 4) is 0 Å². The molecule has 27 heavy (non-hydrogen) atoms. The van der Waals surface area contributed by atoms with Gasteiger partial charge in [-0.15, -0.1) is 11.3 Å². The molecule has 1 fully saturated rings. The van der Waals surface area contributed by atoms with Gasteiger partial charge in [-0.3, -0.25) is 9.59 Å². The van der Waals surface area contributed by atoms with Gasteiger partial charge in [0.05, 0.1) is 5.02 Å². The molecule has 2 aromatic carbocycles. The highest BCUT2D eigenvalue weighted by Crippen LogP contribution is 2.36. The smallest absolute Gasteiger partial charge is 0.265 e. The number of amides is 2. The second kappa shape index (κ2) is 7.29. The van der Waals surface area contributed by atoms with Crippen LogP contribution >= 0.6 is 22.9 Å². The van der Waals surface area contributed by atoms with Crippen molar-refractivity contribution in [2.75, 3.05) is 26.2 Å². The van der Waals surface area contributed by atoms with E-state index in [0.717, 1.165) is 10.1 Å². The highest BCUT2D eigenvalue weighted by molar-refractivity contribution is 7.21. The number of thiophene rings is 1. The summed E-state index contributed by atoms with van der Waals surface area (Å²) in [6.07, 6.45) is 0. The molecule has 4 nitrogen and oxygen atoms in total. The SMILES string of the molecule is O=C(c1ccc(F)cc1)N1CCN(C(=O)c2sc3ccccc3c2Cl)CC1. The topological polar surface area (TPSA) is 40.6 Å². The van der Waals surface area contributed by atoms with Crippen molar-refractivity contribution in [3.63, 3.8) is 0 Å². The molecule has 3 aromatic rings. The molecule has 1 aliphatic heterocycles. The van der Waals surface area contributed by atoms with E-state index in [0.29, 0.717) is 41.6 Å². The third-order valence-corrected chi connectivity index (χ3v) is 6.34. The van der Waals surface area contributed by atoms with Crippen molar-refractivity contribution in [2.24, 2.45) is 0 Å². The van der Waals surface area contributed by atoms with Gasteiger partial charge >= 0.3 is 0 Å². The third-order valence-electron chi connectivity index (χ3n) is 4.67. The number of nitrogens with zero attached hydrogens (tertiary/aromatic N) is 2. The Balaban J connectivity index is 1.45. The average Bonchev–Trinajstić information content (AvgIpc) is 3.04. The van der Waals surface area contributed by atoms with Gasteiger partial charge in [0.1, 0.15) is 10.7 Å². The molecule has 0 spiro atoms. The van der Waals surface area contributed by atoms with Crippen LogP contribution in [0.5, 0.6) is 0 Å². The molecule has 138 valence electrons. The van der Waals surface area contributed by atoms with Gasteiger partial charge in [0.2, 0.25) is 0 Å². The fraction of sp³-hybridized carbons (Fsp3) is 0.200. The lowest BCUT2D eigenvalue weighted by atomic mass is 10.1. The van der Waals surface area contributed by atoms with Gasteiger partial charge in [-0.25, -0.2) is 4.39 Å². The summed E-state index contributed by atoms with van der Waals surface area (Å²) in [6.45, 7) is 1.75. The highest BCUT2D eigenvalue weighted by Gasteiger charge is 2.28. The van der Waals surface area contributed by atoms with E-state index < -0.39 is 0 Å². The van der Waals surface area contributed by atoms with Crippen molar-refractivity contribution >= 4 is 44.8 Å². The number of fused-ring (bicyclic) bond motifs is 1. The zero-order valence-corrected chi connectivity index (χ0v) is 15.9. The van der Waals surface area contributed by atoms with Crippen LogP contribution in [0, 0.1) is 5.82 Å². The lowest BCUT2D eigenvalue weighted by Crippen LogP contribution is -2.50. The monoisotopic (exact) mass is 402 g/mol. The van der Waals surface area contributed by atoms with Crippen molar-refractivity contribution in [2.45, 2.75) is 0 Å². The summed E-state index contributed by atoms with van der Waals surface area (Å²) in [5.74, 6) is -0.626. The zero-order valence-electron chi connectivity index (χ0n) is 14.3. The molecular formula is C20H16ClFN2O2S. The number of piperazine rings is 1.